The molecule has 0 aromatic carbocycles. The van der Waals surface area contributed by atoms with Crippen LogP contribution in [-0.4, -0.2) is 53.0 Å². The van der Waals surface area contributed by atoms with Crippen LogP contribution < -0.4 is 0 Å². The topological polar surface area (TPSA) is 77.7 Å². The number of rotatable bonds is 5. The molecule has 5 atom stereocenters. The van der Waals surface area contributed by atoms with Gasteiger partial charge in [0.2, 0.25) is 11.8 Å². The summed E-state index contributed by atoms with van der Waals surface area (Å²) in [6, 6.07) is -0.241. The molecule has 140 valence electrons. The van der Waals surface area contributed by atoms with E-state index < -0.39 is 6.10 Å². The molecule has 2 heterocycles. The maximum Gasteiger partial charge on any atom is 0.252 e. The van der Waals surface area contributed by atoms with Crippen molar-refractivity contribution in [1.29, 1.82) is 0 Å². The summed E-state index contributed by atoms with van der Waals surface area (Å²) in [4.78, 5) is 14.8. The Bertz CT molecular complexity index is 591. The van der Waals surface area contributed by atoms with E-state index in [-0.39, 0.29) is 24.2 Å². The molecule has 0 radical (unpaired) electrons. The van der Waals surface area contributed by atoms with Gasteiger partial charge in [-0.05, 0) is 25.7 Å². The van der Waals surface area contributed by atoms with E-state index in [1.807, 2.05) is 6.92 Å². The van der Waals surface area contributed by atoms with Crippen LogP contribution >= 0.6 is 0 Å². The quantitative estimate of drug-likeness (QED) is 0.811. The summed E-state index contributed by atoms with van der Waals surface area (Å²) in [6.07, 6.45) is 4.83. The molecule has 1 aromatic heterocycles. The van der Waals surface area contributed by atoms with Crippen LogP contribution in [0.3, 0.4) is 0 Å². The molecule has 3 unspecified atom stereocenters. The smallest absolute Gasteiger partial charge is 0.252 e. The van der Waals surface area contributed by atoms with Gasteiger partial charge < -0.3 is 18.8 Å². The third-order valence-electron chi connectivity index (χ3n) is 5.34. The lowest BCUT2D eigenvalue weighted by molar-refractivity contribution is -0.149. The van der Waals surface area contributed by atoms with Crippen LogP contribution in [0.25, 0.3) is 0 Å². The summed E-state index contributed by atoms with van der Waals surface area (Å²) >= 11 is 0. The number of aromatic nitrogens is 2. The first-order chi connectivity index (χ1) is 12.0. The van der Waals surface area contributed by atoms with Crippen LogP contribution in [0.4, 0.5) is 0 Å². The van der Waals surface area contributed by atoms with Crippen molar-refractivity contribution in [2.24, 2.45) is 5.92 Å². The highest BCUT2D eigenvalue weighted by atomic mass is 16.5. The van der Waals surface area contributed by atoms with Crippen LogP contribution in [0.15, 0.2) is 4.42 Å². The van der Waals surface area contributed by atoms with Crippen molar-refractivity contribution in [2.45, 2.75) is 77.2 Å². The molecule has 2 fully saturated rings. The van der Waals surface area contributed by atoms with E-state index in [2.05, 4.69) is 17.1 Å². The van der Waals surface area contributed by atoms with Gasteiger partial charge in [0.25, 0.3) is 5.91 Å². The normalized spacial score (nSPS) is 31.3. The molecule has 1 saturated carbocycles. The molecule has 1 saturated heterocycles. The number of hydrogen-bond acceptors (Lipinski definition) is 6. The van der Waals surface area contributed by atoms with Gasteiger partial charge >= 0.3 is 0 Å². The van der Waals surface area contributed by atoms with E-state index in [9.17, 15) is 4.79 Å². The Balaban J connectivity index is 1.67. The highest BCUT2D eigenvalue weighted by Crippen LogP contribution is 2.34. The Labute approximate surface area is 149 Å². The van der Waals surface area contributed by atoms with E-state index >= 15 is 0 Å². The van der Waals surface area contributed by atoms with E-state index in [1.165, 1.54) is 12.8 Å². The van der Waals surface area contributed by atoms with Crippen LogP contribution in [-0.2, 0) is 14.3 Å². The third-order valence-corrected chi connectivity index (χ3v) is 5.34. The largest absolute Gasteiger partial charge is 0.423 e. The third kappa shape index (κ3) is 4.20. The number of ether oxygens (including phenoxy) is 2. The van der Waals surface area contributed by atoms with Crippen LogP contribution in [0.2, 0.25) is 0 Å². The number of carbonyl (C=O) groups excluding carboxylic acids is 1. The minimum atomic E-state index is -0.475. The summed E-state index contributed by atoms with van der Waals surface area (Å²) in [7, 11) is 1.66. The maximum absolute atomic E-state index is 13.0. The maximum atomic E-state index is 13.0. The minimum absolute atomic E-state index is 0.0249. The Kier molecular flexibility index (Phi) is 5.74. The predicted octanol–water partition coefficient (Wildman–Crippen LogP) is 2.65. The Morgan fingerprint density at radius 2 is 2.08 bits per heavy atom. The van der Waals surface area contributed by atoms with Gasteiger partial charge in [0.05, 0.1) is 12.2 Å². The number of likely N-dealkylation sites (tertiary alicyclic amines) is 1. The molecule has 1 aliphatic heterocycles. The molecule has 1 amide bonds. The monoisotopic (exact) mass is 351 g/mol. The molecule has 0 spiro atoms. The lowest BCUT2D eigenvalue weighted by Crippen LogP contribution is -2.41. The SMILES string of the molecule is CO[C@H]1C[C@H](c2nnc(C)o2)N(C(=O)C(C)OC2CCCC(C)C2)C1. The minimum Gasteiger partial charge on any atom is -0.423 e. The molecule has 7 nitrogen and oxygen atoms in total. The number of amides is 1. The number of carbonyl (C=O) groups is 1. The summed E-state index contributed by atoms with van der Waals surface area (Å²) in [5.41, 5.74) is 0. The fraction of sp³-hybridized carbons (Fsp3) is 0.833. The number of hydrogen-bond donors (Lipinski definition) is 0. The van der Waals surface area contributed by atoms with Crippen molar-refractivity contribution < 1.29 is 18.7 Å². The Morgan fingerprint density at radius 3 is 2.72 bits per heavy atom. The molecule has 7 heteroatoms. The summed E-state index contributed by atoms with van der Waals surface area (Å²) in [5, 5.41) is 8.00. The van der Waals surface area contributed by atoms with E-state index in [0.29, 0.717) is 30.7 Å². The fourth-order valence-corrected chi connectivity index (χ4v) is 3.97. The van der Waals surface area contributed by atoms with Crippen LogP contribution in [0.5, 0.6) is 0 Å². The van der Waals surface area contributed by atoms with Gasteiger partial charge in [0, 0.05) is 27.0 Å². The molecule has 0 bridgehead atoms. The number of aryl methyl sites for hydroxylation is 1. The summed E-state index contributed by atoms with van der Waals surface area (Å²) in [5.74, 6) is 1.62. The predicted molar refractivity (Wildman–Crippen MR) is 90.9 cm³/mol. The molecule has 1 aromatic rings. The molecular formula is C18H29N3O4. The van der Waals surface area contributed by atoms with Crippen LogP contribution in [0.1, 0.15) is 63.8 Å². The average Bonchev–Trinajstić information content (AvgIpc) is 3.20. The number of nitrogens with zero attached hydrogens (tertiary/aromatic N) is 3. The fourth-order valence-electron chi connectivity index (χ4n) is 3.97. The second kappa shape index (κ2) is 7.83. The van der Waals surface area contributed by atoms with Gasteiger partial charge in [-0.25, -0.2) is 0 Å². The highest BCUT2D eigenvalue weighted by Gasteiger charge is 2.41. The van der Waals surface area contributed by atoms with Gasteiger partial charge in [-0.15, -0.1) is 10.2 Å². The lowest BCUT2D eigenvalue weighted by Gasteiger charge is -2.31. The van der Waals surface area contributed by atoms with E-state index in [0.717, 1.165) is 12.8 Å². The van der Waals surface area contributed by atoms with E-state index in [1.54, 1.807) is 18.9 Å². The van der Waals surface area contributed by atoms with Crippen molar-refractivity contribution in [3.63, 3.8) is 0 Å². The molecule has 3 rings (SSSR count). The first-order valence-electron chi connectivity index (χ1n) is 9.26. The molecule has 1 aliphatic carbocycles. The van der Waals surface area contributed by atoms with Crippen LogP contribution in [0, 0.1) is 12.8 Å². The van der Waals surface area contributed by atoms with E-state index in [4.69, 9.17) is 13.9 Å². The standard InChI is InChI=1S/C18H29N3O4/c1-11-6-5-7-14(8-11)24-12(2)18(22)21-10-15(23-4)9-16(21)17-20-19-13(3)25-17/h11-12,14-16H,5-10H2,1-4H3/t11?,12?,14?,15-,16+/m0/s1. The zero-order chi connectivity index (χ0) is 18.0. The van der Waals surface area contributed by atoms with Crippen molar-refractivity contribution in [1.82, 2.24) is 15.1 Å². The van der Waals surface area contributed by atoms with Crippen molar-refractivity contribution in [3.8, 4) is 0 Å². The zero-order valence-electron chi connectivity index (χ0n) is 15.6. The number of methoxy groups -OCH3 is 1. The van der Waals surface area contributed by atoms with Gasteiger partial charge in [-0.2, -0.15) is 0 Å². The van der Waals surface area contributed by atoms with Gasteiger partial charge in [-0.1, -0.05) is 19.8 Å². The summed E-state index contributed by atoms with van der Waals surface area (Å²) < 4.78 is 17.1. The van der Waals surface area contributed by atoms with Crippen molar-refractivity contribution in [2.75, 3.05) is 13.7 Å². The van der Waals surface area contributed by atoms with Gasteiger partial charge in [-0.3, -0.25) is 4.79 Å². The first kappa shape index (κ1) is 18.3. The molecule has 0 N–H and O–H groups in total. The van der Waals surface area contributed by atoms with Gasteiger partial charge in [0.15, 0.2) is 0 Å². The second-order valence-corrected chi connectivity index (χ2v) is 7.43. The Hall–Kier alpha value is -1.47. The first-order valence-corrected chi connectivity index (χ1v) is 9.26. The Morgan fingerprint density at radius 1 is 1.28 bits per heavy atom. The summed E-state index contributed by atoms with van der Waals surface area (Å²) in [6.45, 7) is 6.37. The second-order valence-electron chi connectivity index (χ2n) is 7.43. The van der Waals surface area contributed by atoms with Crippen molar-refractivity contribution >= 4 is 5.91 Å². The average molecular weight is 351 g/mol. The van der Waals surface area contributed by atoms with Gasteiger partial charge in [0.1, 0.15) is 12.1 Å². The molecular weight excluding hydrogens is 322 g/mol. The van der Waals surface area contributed by atoms with Crippen molar-refractivity contribution in [3.05, 3.63) is 11.8 Å². The zero-order valence-corrected chi connectivity index (χ0v) is 15.6. The molecule has 2 aliphatic rings. The lowest BCUT2D eigenvalue weighted by atomic mass is 9.88. The molecule has 25 heavy (non-hydrogen) atoms. The highest BCUT2D eigenvalue weighted by molar-refractivity contribution is 5.81.